The highest BCUT2D eigenvalue weighted by Gasteiger charge is 2.21. The van der Waals surface area contributed by atoms with Crippen LogP contribution in [0.15, 0.2) is 124 Å². The third-order valence-electron chi connectivity index (χ3n) is 5.56. The molecule has 0 fully saturated rings. The van der Waals surface area contributed by atoms with Crippen molar-refractivity contribution < 1.29 is 9.21 Å². The number of carbonyl (C=O) groups is 1. The van der Waals surface area contributed by atoms with Gasteiger partial charge in [0.05, 0.1) is 17.8 Å². The lowest BCUT2D eigenvalue weighted by atomic mass is 9.97. The van der Waals surface area contributed by atoms with Gasteiger partial charge in [0.1, 0.15) is 0 Å². The Labute approximate surface area is 206 Å². The molecule has 1 amide bonds. The fourth-order valence-electron chi connectivity index (χ4n) is 3.90. The number of nitrogens with one attached hydrogen (secondary N) is 1. The van der Waals surface area contributed by atoms with Gasteiger partial charge in [-0.2, -0.15) is 0 Å². The molecule has 5 heteroatoms. The maximum Gasteiger partial charge on any atom is 0.252 e. The summed E-state index contributed by atoms with van der Waals surface area (Å²) in [6.45, 7) is 0. The van der Waals surface area contributed by atoms with Crippen molar-refractivity contribution in [1.82, 2.24) is 10.3 Å². The lowest BCUT2D eigenvalue weighted by molar-refractivity contribution is 0.0943. The topological polar surface area (TPSA) is 55.1 Å². The molecule has 5 aromatic rings. The average Bonchev–Trinajstić information content (AvgIpc) is 3.39. The summed E-state index contributed by atoms with van der Waals surface area (Å²) in [5.41, 5.74) is 4.06. The predicted octanol–water partition coefficient (Wildman–Crippen LogP) is 7.29. The summed E-state index contributed by atoms with van der Waals surface area (Å²) in [6.07, 6.45) is 1.68. The number of hydrogen-bond donors (Lipinski definition) is 1. The molecule has 0 bridgehead atoms. The highest BCUT2D eigenvalue weighted by Crippen LogP contribution is 2.30. The van der Waals surface area contributed by atoms with Crippen molar-refractivity contribution in [3.8, 4) is 22.8 Å². The van der Waals surface area contributed by atoms with Crippen molar-refractivity contribution in [2.75, 3.05) is 0 Å². The Morgan fingerprint density at radius 1 is 0.794 bits per heavy atom. The van der Waals surface area contributed by atoms with Gasteiger partial charge < -0.3 is 9.73 Å². The Morgan fingerprint density at radius 2 is 1.44 bits per heavy atom. The Bertz CT molecular complexity index is 1380. The number of rotatable bonds is 6. The second kappa shape index (κ2) is 9.89. The fourth-order valence-corrected chi connectivity index (χ4v) is 4.30. The molecule has 4 aromatic carbocycles. The van der Waals surface area contributed by atoms with Crippen molar-refractivity contribution >= 4 is 21.8 Å². The summed E-state index contributed by atoms with van der Waals surface area (Å²) in [7, 11) is 0. The van der Waals surface area contributed by atoms with Crippen LogP contribution in [0.3, 0.4) is 0 Å². The number of nitrogens with zero attached hydrogens (tertiary/aromatic N) is 1. The summed E-state index contributed by atoms with van der Waals surface area (Å²) in [5, 5.41) is 3.21. The predicted molar refractivity (Wildman–Crippen MR) is 137 cm³/mol. The zero-order valence-electron chi connectivity index (χ0n) is 18.2. The van der Waals surface area contributed by atoms with Crippen LogP contribution in [-0.2, 0) is 0 Å². The van der Waals surface area contributed by atoms with E-state index in [1.807, 2.05) is 103 Å². The number of halogens is 1. The second-order valence-corrected chi connectivity index (χ2v) is 8.73. The van der Waals surface area contributed by atoms with Gasteiger partial charge in [-0.05, 0) is 35.4 Å². The van der Waals surface area contributed by atoms with Gasteiger partial charge in [0.2, 0.25) is 5.89 Å². The molecule has 1 N–H and O–H groups in total. The van der Waals surface area contributed by atoms with Gasteiger partial charge in [0, 0.05) is 15.6 Å². The fraction of sp³-hybridized carbons (Fsp3) is 0.0345. The minimum Gasteiger partial charge on any atom is -0.436 e. The number of oxazole rings is 1. The monoisotopic (exact) mass is 508 g/mol. The van der Waals surface area contributed by atoms with Gasteiger partial charge in [-0.15, -0.1) is 0 Å². The number of aromatic nitrogens is 1. The zero-order chi connectivity index (χ0) is 23.3. The van der Waals surface area contributed by atoms with Crippen LogP contribution in [0.4, 0.5) is 0 Å². The van der Waals surface area contributed by atoms with Crippen LogP contribution in [0.5, 0.6) is 0 Å². The molecule has 1 heterocycles. The summed E-state index contributed by atoms with van der Waals surface area (Å²) in [6, 6.07) is 34.8. The van der Waals surface area contributed by atoms with Crippen LogP contribution in [-0.4, -0.2) is 10.9 Å². The minimum atomic E-state index is -0.287. The summed E-state index contributed by atoms with van der Waals surface area (Å²) in [4.78, 5) is 18.0. The molecule has 0 spiro atoms. The van der Waals surface area contributed by atoms with Crippen molar-refractivity contribution in [1.29, 1.82) is 0 Å². The van der Waals surface area contributed by atoms with E-state index >= 15 is 0 Å². The smallest absolute Gasteiger partial charge is 0.252 e. The van der Waals surface area contributed by atoms with Crippen molar-refractivity contribution in [3.05, 3.63) is 137 Å². The quantitative estimate of drug-likeness (QED) is 0.262. The van der Waals surface area contributed by atoms with Crippen LogP contribution in [0, 0.1) is 0 Å². The van der Waals surface area contributed by atoms with Gasteiger partial charge in [-0.25, -0.2) is 4.98 Å². The van der Waals surface area contributed by atoms with E-state index in [-0.39, 0.29) is 11.9 Å². The van der Waals surface area contributed by atoms with Gasteiger partial charge in [0.25, 0.3) is 5.91 Å². The van der Waals surface area contributed by atoms with Gasteiger partial charge in [-0.1, -0.05) is 101 Å². The minimum absolute atomic E-state index is 0.199. The van der Waals surface area contributed by atoms with Crippen molar-refractivity contribution in [3.63, 3.8) is 0 Å². The van der Waals surface area contributed by atoms with Gasteiger partial charge >= 0.3 is 0 Å². The molecule has 4 nitrogen and oxygen atoms in total. The number of benzene rings is 4. The zero-order valence-corrected chi connectivity index (χ0v) is 19.8. The summed E-state index contributed by atoms with van der Waals surface area (Å²) in [5.74, 6) is 0.838. The van der Waals surface area contributed by atoms with Crippen molar-refractivity contribution in [2.24, 2.45) is 0 Å². The molecule has 0 atom stereocenters. The Balaban J connectivity index is 1.48. The third kappa shape index (κ3) is 4.70. The third-order valence-corrected chi connectivity index (χ3v) is 6.05. The first kappa shape index (κ1) is 21.9. The van der Waals surface area contributed by atoms with E-state index in [1.165, 1.54) is 0 Å². The normalized spacial score (nSPS) is 10.9. The lowest BCUT2D eigenvalue weighted by Crippen LogP contribution is -2.29. The van der Waals surface area contributed by atoms with Crippen molar-refractivity contribution in [2.45, 2.75) is 6.04 Å². The first-order chi connectivity index (χ1) is 16.7. The number of hydrogen-bond acceptors (Lipinski definition) is 3. The Kier molecular flexibility index (Phi) is 6.36. The molecule has 5 rings (SSSR count). The van der Waals surface area contributed by atoms with Crippen LogP contribution >= 0.6 is 15.9 Å². The molecule has 0 aliphatic rings. The first-order valence-corrected chi connectivity index (χ1v) is 11.7. The molecule has 166 valence electrons. The first-order valence-electron chi connectivity index (χ1n) is 10.9. The standard InChI is InChI=1S/C29H21BrN2O2/c30-23-15-9-14-22(18-23)26-19-31-29(34-26)25-17-8-7-16-24(25)28(33)32-27(20-10-3-1-4-11-20)21-12-5-2-6-13-21/h1-19,27H,(H,32,33). The van der Waals surface area contributed by atoms with E-state index in [0.717, 1.165) is 21.2 Å². The maximum absolute atomic E-state index is 13.5. The molecule has 1 aromatic heterocycles. The highest BCUT2D eigenvalue weighted by atomic mass is 79.9. The van der Waals surface area contributed by atoms with E-state index in [2.05, 4.69) is 26.2 Å². The van der Waals surface area contributed by atoms with Gasteiger partial charge in [0.15, 0.2) is 5.76 Å². The molecular weight excluding hydrogens is 488 g/mol. The number of carbonyl (C=O) groups excluding carboxylic acids is 1. The van der Waals surface area contributed by atoms with E-state index < -0.39 is 0 Å². The van der Waals surface area contributed by atoms with E-state index in [1.54, 1.807) is 12.3 Å². The molecule has 34 heavy (non-hydrogen) atoms. The average molecular weight is 509 g/mol. The van der Waals surface area contributed by atoms with Crippen LogP contribution in [0.25, 0.3) is 22.8 Å². The van der Waals surface area contributed by atoms with E-state index in [9.17, 15) is 4.79 Å². The maximum atomic E-state index is 13.5. The molecule has 0 unspecified atom stereocenters. The van der Waals surface area contributed by atoms with Crippen LogP contribution in [0.2, 0.25) is 0 Å². The molecule has 0 aliphatic carbocycles. The Morgan fingerprint density at radius 3 is 2.12 bits per heavy atom. The van der Waals surface area contributed by atoms with E-state index in [0.29, 0.717) is 22.8 Å². The summed E-state index contributed by atoms with van der Waals surface area (Å²) >= 11 is 3.49. The van der Waals surface area contributed by atoms with Crippen LogP contribution in [0.1, 0.15) is 27.5 Å². The largest absolute Gasteiger partial charge is 0.436 e. The second-order valence-electron chi connectivity index (χ2n) is 7.81. The molecule has 0 aliphatic heterocycles. The molecule has 0 saturated heterocycles. The molecule has 0 radical (unpaired) electrons. The lowest BCUT2D eigenvalue weighted by Gasteiger charge is -2.20. The number of amides is 1. The van der Waals surface area contributed by atoms with Gasteiger partial charge in [-0.3, -0.25) is 4.79 Å². The molecular formula is C29H21BrN2O2. The molecule has 0 saturated carbocycles. The van der Waals surface area contributed by atoms with E-state index in [4.69, 9.17) is 4.42 Å². The Hall–Kier alpha value is -3.96. The highest BCUT2D eigenvalue weighted by molar-refractivity contribution is 9.10. The summed E-state index contributed by atoms with van der Waals surface area (Å²) < 4.78 is 7.02. The SMILES string of the molecule is O=C(NC(c1ccccc1)c1ccccc1)c1ccccc1-c1ncc(-c2cccc(Br)c2)o1. The van der Waals surface area contributed by atoms with Crippen LogP contribution < -0.4 is 5.32 Å².